The molecular weight excluding hydrogens is 252 g/mol. The highest BCUT2D eigenvalue weighted by Gasteiger charge is 2.21. The molecule has 0 saturated carbocycles. The molecule has 2 aromatic rings. The van der Waals surface area contributed by atoms with E-state index in [9.17, 15) is 9.90 Å². The van der Waals surface area contributed by atoms with E-state index in [-0.39, 0.29) is 5.41 Å². The minimum absolute atomic E-state index is 0.0811. The molecule has 1 heterocycles. The molecule has 4 heteroatoms. The normalized spacial score (nSPS) is 12.1. The van der Waals surface area contributed by atoms with Crippen LogP contribution < -0.4 is 5.73 Å². The van der Waals surface area contributed by atoms with Crippen LogP contribution in [0.25, 0.3) is 10.9 Å². The van der Waals surface area contributed by atoms with Crippen molar-refractivity contribution in [1.82, 2.24) is 4.57 Å². The number of carbonyl (C=O) groups is 1. The van der Waals surface area contributed by atoms with Crippen LogP contribution in [0.15, 0.2) is 18.2 Å². The summed E-state index contributed by atoms with van der Waals surface area (Å²) in [5.41, 5.74) is 8.76. The Morgan fingerprint density at radius 2 is 1.95 bits per heavy atom. The smallest absolute Gasteiger partial charge is 0.337 e. The van der Waals surface area contributed by atoms with E-state index < -0.39 is 5.97 Å². The molecule has 0 aliphatic heterocycles. The van der Waals surface area contributed by atoms with Gasteiger partial charge in [-0.05, 0) is 36.1 Å². The Labute approximate surface area is 119 Å². The molecule has 108 valence electrons. The molecule has 0 amide bonds. The SMILES string of the molecule is Cc1cc2cc(C(C)(C)C)cc(C(=O)O)c2n1CCN. The Morgan fingerprint density at radius 3 is 2.45 bits per heavy atom. The largest absolute Gasteiger partial charge is 0.478 e. The monoisotopic (exact) mass is 274 g/mol. The summed E-state index contributed by atoms with van der Waals surface area (Å²) >= 11 is 0. The molecule has 1 aromatic heterocycles. The van der Waals surface area contributed by atoms with Gasteiger partial charge in [0.05, 0.1) is 11.1 Å². The highest BCUT2D eigenvalue weighted by Crippen LogP contribution is 2.31. The number of nitrogens with two attached hydrogens (primary N) is 1. The van der Waals surface area contributed by atoms with Crippen molar-refractivity contribution < 1.29 is 9.90 Å². The molecule has 0 spiro atoms. The number of hydrogen-bond acceptors (Lipinski definition) is 2. The molecule has 0 bridgehead atoms. The Kier molecular flexibility index (Phi) is 3.61. The van der Waals surface area contributed by atoms with Crippen LogP contribution in [0.4, 0.5) is 0 Å². The maximum absolute atomic E-state index is 11.6. The van der Waals surface area contributed by atoms with Gasteiger partial charge in [0, 0.05) is 24.2 Å². The van der Waals surface area contributed by atoms with E-state index in [1.807, 2.05) is 17.6 Å². The second-order valence-electron chi connectivity index (χ2n) is 6.24. The van der Waals surface area contributed by atoms with E-state index in [0.717, 1.165) is 22.2 Å². The van der Waals surface area contributed by atoms with E-state index in [2.05, 4.69) is 26.8 Å². The van der Waals surface area contributed by atoms with Crippen LogP contribution in [0.5, 0.6) is 0 Å². The van der Waals surface area contributed by atoms with Crippen LogP contribution in [0.2, 0.25) is 0 Å². The minimum atomic E-state index is -0.891. The van der Waals surface area contributed by atoms with Gasteiger partial charge < -0.3 is 15.4 Å². The van der Waals surface area contributed by atoms with E-state index in [1.165, 1.54) is 0 Å². The summed E-state index contributed by atoms with van der Waals surface area (Å²) in [6.45, 7) is 9.36. The molecule has 4 nitrogen and oxygen atoms in total. The third-order valence-corrected chi connectivity index (χ3v) is 3.65. The van der Waals surface area contributed by atoms with Crippen molar-refractivity contribution in [1.29, 1.82) is 0 Å². The van der Waals surface area contributed by atoms with Crippen LogP contribution in [0.3, 0.4) is 0 Å². The molecule has 0 fully saturated rings. The molecule has 0 saturated heterocycles. The van der Waals surface area contributed by atoms with Crippen molar-refractivity contribution in [3.63, 3.8) is 0 Å². The fraction of sp³-hybridized carbons (Fsp3) is 0.438. The van der Waals surface area contributed by atoms with E-state index in [1.54, 1.807) is 6.07 Å². The zero-order valence-electron chi connectivity index (χ0n) is 12.5. The Bertz CT molecular complexity index is 663. The Hall–Kier alpha value is -1.81. The average Bonchev–Trinajstić information content (AvgIpc) is 2.64. The van der Waals surface area contributed by atoms with Gasteiger partial charge in [0.25, 0.3) is 0 Å². The Morgan fingerprint density at radius 1 is 1.30 bits per heavy atom. The second kappa shape index (κ2) is 4.94. The van der Waals surface area contributed by atoms with Gasteiger partial charge in [-0.2, -0.15) is 0 Å². The summed E-state index contributed by atoms with van der Waals surface area (Å²) in [5.74, 6) is -0.891. The molecular formula is C16H22N2O2. The summed E-state index contributed by atoms with van der Waals surface area (Å²) in [6, 6.07) is 5.91. The number of fused-ring (bicyclic) bond motifs is 1. The molecule has 0 aliphatic carbocycles. The number of carboxylic acid groups (broad SMARTS) is 1. The number of rotatable bonds is 3. The number of aromatic carboxylic acids is 1. The van der Waals surface area contributed by atoms with E-state index in [0.29, 0.717) is 18.7 Å². The number of aryl methyl sites for hydroxylation is 1. The summed E-state index contributed by atoms with van der Waals surface area (Å²) < 4.78 is 1.99. The van der Waals surface area contributed by atoms with Gasteiger partial charge in [0.15, 0.2) is 0 Å². The third-order valence-electron chi connectivity index (χ3n) is 3.65. The second-order valence-corrected chi connectivity index (χ2v) is 6.24. The summed E-state index contributed by atoms with van der Waals surface area (Å²) in [5, 5.41) is 10.5. The summed E-state index contributed by atoms with van der Waals surface area (Å²) in [4.78, 5) is 11.6. The van der Waals surface area contributed by atoms with Gasteiger partial charge >= 0.3 is 5.97 Å². The van der Waals surface area contributed by atoms with Crippen molar-refractivity contribution in [2.24, 2.45) is 5.73 Å². The van der Waals surface area contributed by atoms with E-state index in [4.69, 9.17) is 5.73 Å². The molecule has 20 heavy (non-hydrogen) atoms. The first kappa shape index (κ1) is 14.6. The van der Waals surface area contributed by atoms with Crippen LogP contribution >= 0.6 is 0 Å². The fourth-order valence-electron chi connectivity index (χ4n) is 2.56. The first-order chi connectivity index (χ1) is 9.25. The van der Waals surface area contributed by atoms with Crippen LogP contribution in [-0.2, 0) is 12.0 Å². The number of aromatic nitrogens is 1. The van der Waals surface area contributed by atoms with Crippen molar-refractivity contribution in [2.45, 2.75) is 39.7 Å². The van der Waals surface area contributed by atoms with Gasteiger partial charge in [-0.15, -0.1) is 0 Å². The molecule has 0 radical (unpaired) electrons. The topological polar surface area (TPSA) is 68.2 Å². The summed E-state index contributed by atoms with van der Waals surface area (Å²) in [6.07, 6.45) is 0. The van der Waals surface area contributed by atoms with Gasteiger partial charge in [0.2, 0.25) is 0 Å². The molecule has 2 rings (SSSR count). The van der Waals surface area contributed by atoms with Crippen LogP contribution in [-0.4, -0.2) is 22.2 Å². The quantitative estimate of drug-likeness (QED) is 0.904. The highest BCUT2D eigenvalue weighted by atomic mass is 16.4. The number of hydrogen-bond donors (Lipinski definition) is 2. The van der Waals surface area contributed by atoms with Crippen molar-refractivity contribution in [3.8, 4) is 0 Å². The first-order valence-corrected chi connectivity index (χ1v) is 6.83. The lowest BCUT2D eigenvalue weighted by Crippen LogP contribution is -2.15. The molecule has 1 aromatic carbocycles. The Balaban J connectivity index is 2.82. The highest BCUT2D eigenvalue weighted by molar-refractivity contribution is 6.03. The number of nitrogens with zero attached hydrogens (tertiary/aromatic N) is 1. The van der Waals surface area contributed by atoms with Gasteiger partial charge in [-0.3, -0.25) is 0 Å². The van der Waals surface area contributed by atoms with Crippen molar-refractivity contribution in [2.75, 3.05) is 6.54 Å². The number of benzene rings is 1. The lowest BCUT2D eigenvalue weighted by molar-refractivity contribution is 0.0698. The molecule has 0 aliphatic rings. The van der Waals surface area contributed by atoms with Crippen molar-refractivity contribution >= 4 is 16.9 Å². The lowest BCUT2D eigenvalue weighted by atomic mass is 9.85. The van der Waals surface area contributed by atoms with Crippen LogP contribution in [0, 0.1) is 6.92 Å². The minimum Gasteiger partial charge on any atom is -0.478 e. The predicted octanol–water partition coefficient (Wildman–Crippen LogP) is 2.90. The van der Waals surface area contributed by atoms with Gasteiger partial charge in [-0.1, -0.05) is 20.8 Å². The summed E-state index contributed by atoms with van der Waals surface area (Å²) in [7, 11) is 0. The van der Waals surface area contributed by atoms with E-state index >= 15 is 0 Å². The zero-order chi connectivity index (χ0) is 15.1. The third kappa shape index (κ3) is 2.43. The molecule has 3 N–H and O–H groups in total. The van der Waals surface area contributed by atoms with Gasteiger partial charge in [0.1, 0.15) is 0 Å². The first-order valence-electron chi connectivity index (χ1n) is 6.83. The van der Waals surface area contributed by atoms with Crippen molar-refractivity contribution in [3.05, 3.63) is 35.0 Å². The molecule has 0 atom stereocenters. The fourth-order valence-corrected chi connectivity index (χ4v) is 2.56. The lowest BCUT2D eigenvalue weighted by Gasteiger charge is -2.20. The maximum Gasteiger partial charge on any atom is 0.337 e. The zero-order valence-corrected chi connectivity index (χ0v) is 12.5. The maximum atomic E-state index is 11.6. The standard InChI is InChI=1S/C16H22N2O2/c1-10-7-11-8-12(16(2,3)4)9-13(15(19)20)14(11)18(10)6-5-17/h7-9H,5-6,17H2,1-4H3,(H,19,20). The number of carboxylic acids is 1. The molecule has 0 unspecified atom stereocenters. The average molecular weight is 274 g/mol. The predicted molar refractivity (Wildman–Crippen MR) is 81.4 cm³/mol. The van der Waals surface area contributed by atoms with Gasteiger partial charge in [-0.25, -0.2) is 4.79 Å². The van der Waals surface area contributed by atoms with Crippen LogP contribution in [0.1, 0.15) is 42.4 Å².